The van der Waals surface area contributed by atoms with Gasteiger partial charge in [-0.1, -0.05) is 18.2 Å². The van der Waals surface area contributed by atoms with Crippen molar-refractivity contribution in [3.8, 4) is 17.2 Å². The molecule has 0 spiro atoms. The smallest absolute Gasteiger partial charge is 0.335 e. The van der Waals surface area contributed by atoms with Crippen molar-refractivity contribution in [3.05, 3.63) is 53.6 Å². The minimum absolute atomic E-state index is 0.126. The molecule has 9 heteroatoms. The molecular formula is C21H22O9. The summed E-state index contributed by atoms with van der Waals surface area (Å²) < 4.78 is 16.5. The second-order valence-electron chi connectivity index (χ2n) is 7.43. The van der Waals surface area contributed by atoms with Crippen molar-refractivity contribution in [2.24, 2.45) is 0 Å². The third-order valence-corrected chi connectivity index (χ3v) is 5.37. The van der Waals surface area contributed by atoms with Gasteiger partial charge in [0.1, 0.15) is 35.6 Å². The van der Waals surface area contributed by atoms with Crippen LogP contribution in [0.2, 0.25) is 0 Å². The maximum Gasteiger partial charge on any atom is 0.335 e. The number of fused-ring (bicyclic) bond motifs is 1. The van der Waals surface area contributed by atoms with Gasteiger partial charge in [0, 0.05) is 12.0 Å². The molecule has 0 aromatic heterocycles. The lowest BCUT2D eigenvalue weighted by molar-refractivity contribution is -0.271. The Morgan fingerprint density at radius 3 is 2.43 bits per heavy atom. The maximum absolute atomic E-state index is 11.2. The van der Waals surface area contributed by atoms with Gasteiger partial charge in [0.2, 0.25) is 6.29 Å². The molecule has 6 atom stereocenters. The number of aliphatic hydroxyl groups is 3. The number of hydrogen-bond acceptors (Lipinski definition) is 8. The maximum atomic E-state index is 11.2. The first-order chi connectivity index (χ1) is 14.3. The highest BCUT2D eigenvalue weighted by molar-refractivity contribution is 5.73. The fourth-order valence-electron chi connectivity index (χ4n) is 3.67. The molecule has 2 aliphatic heterocycles. The number of benzene rings is 2. The first kappa shape index (κ1) is 20.4. The SMILES string of the molecule is O=C(O)[C@H]1O[C@@H](Oc2ccc3c(c2)OC[C@@H](c2ccc(O)cc2)C3)[C@H](O)[C@@H](O)[C@@H]1O. The van der Waals surface area contributed by atoms with Crippen molar-refractivity contribution >= 4 is 5.97 Å². The van der Waals surface area contributed by atoms with Crippen LogP contribution in [0.1, 0.15) is 17.0 Å². The van der Waals surface area contributed by atoms with Gasteiger partial charge in [-0.25, -0.2) is 4.79 Å². The van der Waals surface area contributed by atoms with E-state index < -0.39 is 36.7 Å². The first-order valence-electron chi connectivity index (χ1n) is 9.47. The summed E-state index contributed by atoms with van der Waals surface area (Å²) in [6.07, 6.45) is -7.63. The van der Waals surface area contributed by atoms with E-state index in [1.165, 1.54) is 0 Å². The molecule has 2 aromatic rings. The molecular weight excluding hydrogens is 396 g/mol. The van der Waals surface area contributed by atoms with Gasteiger partial charge in [-0.3, -0.25) is 0 Å². The van der Waals surface area contributed by atoms with Crippen molar-refractivity contribution in [3.63, 3.8) is 0 Å². The van der Waals surface area contributed by atoms with Crippen LogP contribution in [-0.2, 0) is 16.0 Å². The van der Waals surface area contributed by atoms with Gasteiger partial charge >= 0.3 is 5.97 Å². The van der Waals surface area contributed by atoms with Gasteiger partial charge in [0.25, 0.3) is 0 Å². The average Bonchev–Trinajstić information content (AvgIpc) is 2.74. The monoisotopic (exact) mass is 418 g/mol. The van der Waals surface area contributed by atoms with Crippen molar-refractivity contribution in [2.45, 2.75) is 43.0 Å². The fraction of sp³-hybridized carbons (Fsp3) is 0.381. The van der Waals surface area contributed by atoms with Crippen LogP contribution < -0.4 is 9.47 Å². The lowest BCUT2D eigenvalue weighted by atomic mass is 9.90. The number of phenolic OH excluding ortho intramolecular Hbond substituents is 1. The Balaban J connectivity index is 1.47. The molecule has 0 bridgehead atoms. The van der Waals surface area contributed by atoms with Crippen LogP contribution in [0.15, 0.2) is 42.5 Å². The highest BCUT2D eigenvalue weighted by Crippen LogP contribution is 2.36. The zero-order chi connectivity index (χ0) is 21.4. The van der Waals surface area contributed by atoms with E-state index in [9.17, 15) is 25.2 Å². The van der Waals surface area contributed by atoms with E-state index in [1.54, 1.807) is 30.3 Å². The first-order valence-corrected chi connectivity index (χ1v) is 9.47. The minimum atomic E-state index is -1.78. The number of aromatic hydroxyl groups is 1. The molecule has 9 nitrogen and oxygen atoms in total. The number of carboxylic acids is 1. The lowest BCUT2D eigenvalue weighted by Gasteiger charge is -2.38. The number of hydrogen-bond donors (Lipinski definition) is 5. The molecule has 4 rings (SSSR count). The number of carboxylic acid groups (broad SMARTS) is 1. The topological polar surface area (TPSA) is 146 Å². The molecule has 0 unspecified atom stereocenters. The number of aliphatic carboxylic acids is 1. The Labute approximate surface area is 171 Å². The van der Waals surface area contributed by atoms with Crippen LogP contribution in [0.5, 0.6) is 17.2 Å². The predicted molar refractivity (Wildman–Crippen MR) is 101 cm³/mol. The van der Waals surface area contributed by atoms with E-state index >= 15 is 0 Å². The lowest BCUT2D eigenvalue weighted by Crippen LogP contribution is -2.61. The molecule has 0 radical (unpaired) electrons. The van der Waals surface area contributed by atoms with Gasteiger partial charge in [0.15, 0.2) is 6.10 Å². The zero-order valence-electron chi connectivity index (χ0n) is 15.8. The predicted octanol–water partition coefficient (Wildman–Crippen LogP) is 0.382. The van der Waals surface area contributed by atoms with Gasteiger partial charge in [0.05, 0.1) is 6.61 Å². The van der Waals surface area contributed by atoms with Crippen LogP contribution in [0.3, 0.4) is 0 Å². The summed E-state index contributed by atoms with van der Waals surface area (Å²) in [5.74, 6) is -0.304. The summed E-state index contributed by atoms with van der Waals surface area (Å²) >= 11 is 0. The Morgan fingerprint density at radius 1 is 1.00 bits per heavy atom. The molecule has 0 amide bonds. The summed E-state index contributed by atoms with van der Waals surface area (Å²) in [5.41, 5.74) is 1.99. The number of ether oxygens (including phenoxy) is 3. The van der Waals surface area contributed by atoms with E-state index in [1.807, 2.05) is 12.1 Å². The van der Waals surface area contributed by atoms with Crippen LogP contribution >= 0.6 is 0 Å². The summed E-state index contributed by atoms with van der Waals surface area (Å²) in [7, 11) is 0. The van der Waals surface area contributed by atoms with Crippen LogP contribution in [0.25, 0.3) is 0 Å². The molecule has 1 fully saturated rings. The normalized spacial score (nSPS) is 30.8. The molecule has 0 saturated carbocycles. The van der Waals surface area contributed by atoms with Crippen molar-refractivity contribution in [2.75, 3.05) is 6.61 Å². The standard InChI is InChI=1S/C21H22O9/c22-13-4-1-10(2-5-13)12-7-11-3-6-14(8-15(11)28-9-12)29-21-18(25)16(23)17(24)19(30-21)20(26)27/h1-6,8,12,16-19,21-25H,7,9H2,(H,26,27)/t12-,16-,17-,18+,19-,21+/m0/s1. The zero-order valence-corrected chi connectivity index (χ0v) is 15.8. The van der Waals surface area contributed by atoms with Crippen LogP contribution in [0, 0.1) is 0 Å². The highest BCUT2D eigenvalue weighted by atomic mass is 16.7. The van der Waals surface area contributed by atoms with Gasteiger partial charge in [-0.15, -0.1) is 0 Å². The summed E-state index contributed by atoms with van der Waals surface area (Å²) in [6.45, 7) is 0.426. The van der Waals surface area contributed by atoms with E-state index in [2.05, 4.69) is 0 Å². The molecule has 5 N–H and O–H groups in total. The third kappa shape index (κ3) is 3.92. The molecule has 2 aliphatic rings. The molecule has 2 heterocycles. The molecule has 2 aromatic carbocycles. The highest BCUT2D eigenvalue weighted by Gasteiger charge is 2.48. The van der Waals surface area contributed by atoms with Crippen LogP contribution in [0.4, 0.5) is 0 Å². The second-order valence-corrected chi connectivity index (χ2v) is 7.43. The van der Waals surface area contributed by atoms with Gasteiger partial charge in [-0.2, -0.15) is 0 Å². The van der Waals surface area contributed by atoms with Crippen molar-refractivity contribution in [1.82, 2.24) is 0 Å². The number of phenols is 1. The average molecular weight is 418 g/mol. The van der Waals surface area contributed by atoms with E-state index in [0.717, 1.165) is 17.5 Å². The molecule has 160 valence electrons. The second kappa shape index (κ2) is 8.11. The van der Waals surface area contributed by atoms with Gasteiger partial charge in [-0.05, 0) is 35.7 Å². The summed E-state index contributed by atoms with van der Waals surface area (Å²) in [6, 6.07) is 12.0. The largest absolute Gasteiger partial charge is 0.508 e. The van der Waals surface area contributed by atoms with Crippen molar-refractivity contribution in [1.29, 1.82) is 0 Å². The summed E-state index contributed by atoms with van der Waals surface area (Å²) in [5, 5.41) is 48.3. The molecule has 0 aliphatic carbocycles. The Hall–Kier alpha value is -2.85. The molecule has 1 saturated heterocycles. The van der Waals surface area contributed by atoms with Gasteiger partial charge < -0.3 is 39.7 Å². The number of aliphatic hydroxyl groups excluding tert-OH is 3. The van der Waals surface area contributed by atoms with E-state index in [-0.39, 0.29) is 17.4 Å². The summed E-state index contributed by atoms with van der Waals surface area (Å²) in [4.78, 5) is 11.2. The Bertz CT molecular complexity index is 913. The Kier molecular flexibility index (Phi) is 5.52. The van der Waals surface area contributed by atoms with Crippen molar-refractivity contribution < 1.29 is 44.5 Å². The third-order valence-electron chi connectivity index (χ3n) is 5.37. The van der Waals surface area contributed by atoms with E-state index in [4.69, 9.17) is 19.3 Å². The van der Waals surface area contributed by atoms with E-state index in [0.29, 0.717) is 12.4 Å². The van der Waals surface area contributed by atoms with Crippen LogP contribution in [-0.4, -0.2) is 68.8 Å². The minimum Gasteiger partial charge on any atom is -0.508 e. The number of rotatable bonds is 4. The Morgan fingerprint density at radius 2 is 1.73 bits per heavy atom. The number of carbonyl (C=O) groups is 1. The fourth-order valence-corrected chi connectivity index (χ4v) is 3.67. The quantitative estimate of drug-likeness (QED) is 0.476. The molecule has 30 heavy (non-hydrogen) atoms.